The van der Waals surface area contributed by atoms with Crippen molar-refractivity contribution in [1.82, 2.24) is 5.06 Å². The Balaban J connectivity index is 1.97. The molecule has 1 aliphatic rings. The molecule has 0 atom stereocenters. The molecule has 2 nitrogen and oxygen atoms in total. The third-order valence-electron chi connectivity index (χ3n) is 2.32. The molecule has 0 N–H and O–H groups in total. The van der Waals surface area contributed by atoms with Crippen LogP contribution in [-0.2, 0) is 0 Å². The van der Waals surface area contributed by atoms with E-state index in [1.54, 1.807) is 0 Å². The summed E-state index contributed by atoms with van der Waals surface area (Å²) in [5, 5.41) is 2.03. The molecule has 1 saturated heterocycles. The number of aryl methyl sites for hydroxylation is 1. The predicted molar refractivity (Wildman–Crippen MR) is 52.6 cm³/mol. The first kappa shape index (κ1) is 8.57. The van der Waals surface area contributed by atoms with E-state index in [-0.39, 0.29) is 0 Å². The summed E-state index contributed by atoms with van der Waals surface area (Å²) in [6.45, 7) is 4.21. The molecule has 0 spiro atoms. The third-order valence-corrected chi connectivity index (χ3v) is 2.32. The van der Waals surface area contributed by atoms with Crippen molar-refractivity contribution in [2.45, 2.75) is 19.8 Å². The minimum atomic E-state index is 0.951. The summed E-state index contributed by atoms with van der Waals surface area (Å²) < 4.78 is 0. The standard InChI is InChI=1S/C11H15NO/c1-10-4-6-11(7-5-10)13-12-8-2-3-9-12/h4-7H,2-3,8-9H2,1H3. The van der Waals surface area contributed by atoms with Gasteiger partial charge >= 0.3 is 0 Å². The highest BCUT2D eigenvalue weighted by atomic mass is 16.7. The molecule has 70 valence electrons. The lowest BCUT2D eigenvalue weighted by atomic mass is 10.2. The van der Waals surface area contributed by atoms with Crippen LogP contribution in [0.15, 0.2) is 24.3 Å². The Morgan fingerprint density at radius 3 is 2.31 bits per heavy atom. The van der Waals surface area contributed by atoms with Gasteiger partial charge in [-0.15, -0.1) is 5.06 Å². The molecule has 0 amide bonds. The number of benzene rings is 1. The highest BCUT2D eigenvalue weighted by Crippen LogP contribution is 2.16. The minimum absolute atomic E-state index is 0.951. The summed E-state index contributed by atoms with van der Waals surface area (Å²) >= 11 is 0. The summed E-state index contributed by atoms with van der Waals surface area (Å²) in [4.78, 5) is 5.66. The van der Waals surface area contributed by atoms with Crippen molar-refractivity contribution in [3.8, 4) is 5.75 Å². The van der Waals surface area contributed by atoms with Crippen LogP contribution in [-0.4, -0.2) is 18.2 Å². The first-order valence-electron chi connectivity index (χ1n) is 4.84. The van der Waals surface area contributed by atoms with Gasteiger partial charge in [0.05, 0.1) is 0 Å². The zero-order valence-corrected chi connectivity index (χ0v) is 7.99. The van der Waals surface area contributed by atoms with Crippen LogP contribution in [0.4, 0.5) is 0 Å². The van der Waals surface area contributed by atoms with Crippen LogP contribution in [0.25, 0.3) is 0 Å². The summed E-state index contributed by atoms with van der Waals surface area (Å²) in [5.41, 5.74) is 1.27. The fourth-order valence-electron chi connectivity index (χ4n) is 1.53. The van der Waals surface area contributed by atoms with E-state index in [0.717, 1.165) is 18.8 Å². The van der Waals surface area contributed by atoms with Gasteiger partial charge in [0, 0.05) is 13.1 Å². The maximum absolute atomic E-state index is 5.66. The number of nitrogens with zero attached hydrogens (tertiary/aromatic N) is 1. The SMILES string of the molecule is Cc1ccc(ON2CCCC2)cc1. The van der Waals surface area contributed by atoms with E-state index in [9.17, 15) is 0 Å². The second kappa shape index (κ2) is 3.79. The average molecular weight is 177 g/mol. The van der Waals surface area contributed by atoms with Crippen molar-refractivity contribution in [2.75, 3.05) is 13.1 Å². The maximum Gasteiger partial charge on any atom is 0.147 e. The summed E-state index contributed by atoms with van der Waals surface area (Å²) in [6.07, 6.45) is 2.51. The van der Waals surface area contributed by atoms with E-state index in [1.807, 2.05) is 17.2 Å². The van der Waals surface area contributed by atoms with Gasteiger partial charge in [-0.3, -0.25) is 0 Å². The molecule has 0 aromatic heterocycles. The Morgan fingerprint density at radius 2 is 1.69 bits per heavy atom. The van der Waals surface area contributed by atoms with Crippen LogP contribution in [0, 0.1) is 6.92 Å². The molecular formula is C11H15NO. The molecule has 0 unspecified atom stereocenters. The van der Waals surface area contributed by atoms with E-state index in [1.165, 1.54) is 18.4 Å². The molecule has 1 aromatic rings. The summed E-state index contributed by atoms with van der Waals surface area (Å²) in [5.74, 6) is 0.951. The zero-order chi connectivity index (χ0) is 9.10. The van der Waals surface area contributed by atoms with Crippen LogP contribution in [0.5, 0.6) is 5.75 Å². The van der Waals surface area contributed by atoms with Crippen LogP contribution in [0.1, 0.15) is 18.4 Å². The van der Waals surface area contributed by atoms with E-state index in [2.05, 4.69) is 19.1 Å². The molecule has 1 aliphatic heterocycles. The Kier molecular flexibility index (Phi) is 2.50. The summed E-state index contributed by atoms with van der Waals surface area (Å²) in [7, 11) is 0. The Morgan fingerprint density at radius 1 is 1.08 bits per heavy atom. The first-order chi connectivity index (χ1) is 6.34. The van der Waals surface area contributed by atoms with Crippen LogP contribution in [0.2, 0.25) is 0 Å². The second-order valence-electron chi connectivity index (χ2n) is 3.54. The van der Waals surface area contributed by atoms with Crippen LogP contribution >= 0.6 is 0 Å². The van der Waals surface area contributed by atoms with Gasteiger partial charge in [0.25, 0.3) is 0 Å². The Hall–Kier alpha value is -1.02. The maximum atomic E-state index is 5.66. The minimum Gasteiger partial charge on any atom is -0.406 e. The van der Waals surface area contributed by atoms with Crippen molar-refractivity contribution in [1.29, 1.82) is 0 Å². The van der Waals surface area contributed by atoms with Gasteiger partial charge in [0.2, 0.25) is 0 Å². The van der Waals surface area contributed by atoms with Crippen molar-refractivity contribution in [3.63, 3.8) is 0 Å². The smallest absolute Gasteiger partial charge is 0.147 e. The van der Waals surface area contributed by atoms with Crippen molar-refractivity contribution in [3.05, 3.63) is 29.8 Å². The van der Waals surface area contributed by atoms with Gasteiger partial charge < -0.3 is 4.84 Å². The van der Waals surface area contributed by atoms with Crippen molar-refractivity contribution in [2.24, 2.45) is 0 Å². The largest absolute Gasteiger partial charge is 0.406 e. The number of hydroxylamine groups is 2. The quantitative estimate of drug-likeness (QED) is 0.687. The second-order valence-corrected chi connectivity index (χ2v) is 3.54. The summed E-state index contributed by atoms with van der Waals surface area (Å²) in [6, 6.07) is 8.19. The number of hydrogen-bond donors (Lipinski definition) is 0. The molecular weight excluding hydrogens is 162 g/mol. The number of rotatable bonds is 2. The third kappa shape index (κ3) is 2.22. The molecule has 1 aromatic carbocycles. The normalized spacial score (nSPS) is 17.6. The van der Waals surface area contributed by atoms with Gasteiger partial charge in [-0.05, 0) is 31.9 Å². The highest BCUT2D eigenvalue weighted by molar-refractivity contribution is 5.25. The topological polar surface area (TPSA) is 12.5 Å². The fourth-order valence-corrected chi connectivity index (χ4v) is 1.53. The molecule has 0 radical (unpaired) electrons. The lowest BCUT2D eigenvalue weighted by molar-refractivity contribution is -0.0346. The molecule has 2 heteroatoms. The molecule has 2 rings (SSSR count). The molecule has 13 heavy (non-hydrogen) atoms. The van der Waals surface area contributed by atoms with E-state index in [0.29, 0.717) is 0 Å². The highest BCUT2D eigenvalue weighted by Gasteiger charge is 2.12. The Labute approximate surface area is 79.1 Å². The first-order valence-corrected chi connectivity index (χ1v) is 4.84. The lowest BCUT2D eigenvalue weighted by Gasteiger charge is -2.15. The molecule has 1 fully saturated rings. The van der Waals surface area contributed by atoms with E-state index >= 15 is 0 Å². The monoisotopic (exact) mass is 177 g/mol. The van der Waals surface area contributed by atoms with Crippen LogP contribution < -0.4 is 4.84 Å². The van der Waals surface area contributed by atoms with Gasteiger partial charge in [-0.25, -0.2) is 0 Å². The molecule has 0 aliphatic carbocycles. The Bertz CT molecular complexity index is 262. The molecule has 0 bridgehead atoms. The van der Waals surface area contributed by atoms with Gasteiger partial charge in [0.1, 0.15) is 5.75 Å². The van der Waals surface area contributed by atoms with E-state index in [4.69, 9.17) is 4.84 Å². The number of hydrogen-bond acceptors (Lipinski definition) is 2. The zero-order valence-electron chi connectivity index (χ0n) is 7.99. The van der Waals surface area contributed by atoms with Gasteiger partial charge in [-0.1, -0.05) is 17.7 Å². The van der Waals surface area contributed by atoms with Crippen molar-refractivity contribution >= 4 is 0 Å². The molecule has 0 saturated carbocycles. The predicted octanol–water partition coefficient (Wildman–Crippen LogP) is 2.38. The van der Waals surface area contributed by atoms with Gasteiger partial charge in [-0.2, -0.15) is 0 Å². The van der Waals surface area contributed by atoms with E-state index < -0.39 is 0 Å². The fraction of sp³-hybridized carbons (Fsp3) is 0.455. The van der Waals surface area contributed by atoms with Crippen LogP contribution in [0.3, 0.4) is 0 Å². The van der Waals surface area contributed by atoms with Crippen molar-refractivity contribution < 1.29 is 4.84 Å². The molecule has 1 heterocycles. The van der Waals surface area contributed by atoms with Gasteiger partial charge in [0.15, 0.2) is 0 Å². The lowest BCUT2D eigenvalue weighted by Crippen LogP contribution is -2.23. The average Bonchev–Trinajstić information content (AvgIpc) is 2.62.